The lowest BCUT2D eigenvalue weighted by atomic mass is 10.2. The van der Waals surface area contributed by atoms with E-state index >= 15 is 0 Å². The molecule has 1 amide bonds. The van der Waals surface area contributed by atoms with E-state index in [-0.39, 0.29) is 12.2 Å². The molecule has 1 aromatic heterocycles. The maximum atomic E-state index is 12.0. The van der Waals surface area contributed by atoms with Gasteiger partial charge >= 0.3 is 5.97 Å². The molecule has 6 nitrogen and oxygen atoms in total. The van der Waals surface area contributed by atoms with Crippen molar-refractivity contribution in [1.29, 1.82) is 0 Å². The molecule has 0 aliphatic rings. The molecule has 1 heterocycles. The minimum absolute atomic E-state index is 0.225. The average Bonchev–Trinajstić information content (AvgIpc) is 2.80. The number of nitrogens with one attached hydrogen (secondary N) is 1. The molecule has 0 bridgehead atoms. The fraction of sp³-hybridized carbons (Fsp3) is 0.538. The topological polar surface area (TPSA) is 89.5 Å². The lowest BCUT2D eigenvalue weighted by Crippen LogP contribution is -2.32. The minimum Gasteiger partial charge on any atom is -0.462 e. The molecule has 8 heteroatoms. The van der Waals surface area contributed by atoms with Crippen molar-refractivity contribution in [1.82, 2.24) is 0 Å². The SMILES string of the molecule is CCOC(=O)c1cc(CC)sc1NC(=O)[C@H](C)S(C)(=O)=O. The third-order valence-electron chi connectivity index (χ3n) is 2.88. The van der Waals surface area contributed by atoms with Gasteiger partial charge in [-0.2, -0.15) is 0 Å². The van der Waals surface area contributed by atoms with E-state index in [4.69, 9.17) is 4.74 Å². The highest BCUT2D eigenvalue weighted by atomic mass is 32.2. The predicted molar refractivity (Wildman–Crippen MR) is 82.6 cm³/mol. The van der Waals surface area contributed by atoms with Gasteiger partial charge < -0.3 is 10.1 Å². The van der Waals surface area contributed by atoms with Crippen LogP contribution < -0.4 is 5.32 Å². The zero-order valence-electron chi connectivity index (χ0n) is 12.4. The molecule has 0 aromatic carbocycles. The van der Waals surface area contributed by atoms with Crippen molar-refractivity contribution in [3.63, 3.8) is 0 Å². The summed E-state index contributed by atoms with van der Waals surface area (Å²) in [5.41, 5.74) is 0.257. The highest BCUT2D eigenvalue weighted by Gasteiger charge is 2.26. The second-order valence-electron chi connectivity index (χ2n) is 4.49. The Kier molecular flexibility index (Phi) is 5.91. The molecule has 0 radical (unpaired) electrons. The molecule has 118 valence electrons. The van der Waals surface area contributed by atoms with Crippen LogP contribution in [-0.4, -0.2) is 38.4 Å². The number of carbonyl (C=O) groups excluding carboxylic acids is 2. The maximum Gasteiger partial charge on any atom is 0.341 e. The quantitative estimate of drug-likeness (QED) is 0.803. The molecule has 0 saturated carbocycles. The third-order valence-corrected chi connectivity index (χ3v) is 5.57. The normalized spacial score (nSPS) is 12.8. The van der Waals surface area contributed by atoms with Gasteiger partial charge in [0.25, 0.3) is 0 Å². The second-order valence-corrected chi connectivity index (χ2v) is 7.99. The van der Waals surface area contributed by atoms with E-state index in [0.717, 1.165) is 11.1 Å². The summed E-state index contributed by atoms with van der Waals surface area (Å²) in [6, 6.07) is 1.66. The van der Waals surface area contributed by atoms with E-state index in [1.54, 1.807) is 13.0 Å². The van der Waals surface area contributed by atoms with Gasteiger partial charge in [-0.15, -0.1) is 11.3 Å². The summed E-state index contributed by atoms with van der Waals surface area (Å²) in [5.74, 6) is -1.19. The number of ether oxygens (including phenoxy) is 1. The van der Waals surface area contributed by atoms with Crippen LogP contribution in [0.3, 0.4) is 0 Å². The van der Waals surface area contributed by atoms with E-state index in [1.165, 1.54) is 18.3 Å². The van der Waals surface area contributed by atoms with E-state index in [2.05, 4.69) is 5.32 Å². The summed E-state index contributed by atoms with van der Waals surface area (Å²) >= 11 is 1.24. The molecule has 0 spiro atoms. The fourth-order valence-corrected chi connectivity index (χ4v) is 2.91. The van der Waals surface area contributed by atoms with Gasteiger partial charge in [0.1, 0.15) is 10.3 Å². The molecular formula is C13H19NO5S2. The number of aryl methyl sites for hydroxylation is 1. The number of amides is 1. The van der Waals surface area contributed by atoms with Crippen molar-refractivity contribution in [2.75, 3.05) is 18.2 Å². The van der Waals surface area contributed by atoms with Gasteiger partial charge in [0.2, 0.25) is 5.91 Å². The number of esters is 1. The number of carbonyl (C=O) groups is 2. The Bertz CT molecular complexity index is 633. The molecule has 1 atom stereocenters. The summed E-state index contributed by atoms with van der Waals surface area (Å²) in [4.78, 5) is 24.7. The first-order chi connectivity index (χ1) is 9.70. The number of sulfone groups is 1. The summed E-state index contributed by atoms with van der Waals surface area (Å²) < 4.78 is 27.7. The van der Waals surface area contributed by atoms with Crippen LogP contribution in [0, 0.1) is 0 Å². The monoisotopic (exact) mass is 333 g/mol. The molecule has 0 fully saturated rings. The average molecular weight is 333 g/mol. The van der Waals surface area contributed by atoms with Crippen LogP contribution in [-0.2, 0) is 25.8 Å². The smallest absolute Gasteiger partial charge is 0.341 e. The number of thiophene rings is 1. The van der Waals surface area contributed by atoms with E-state index in [0.29, 0.717) is 11.4 Å². The zero-order valence-corrected chi connectivity index (χ0v) is 14.1. The van der Waals surface area contributed by atoms with E-state index in [9.17, 15) is 18.0 Å². The molecule has 0 aliphatic heterocycles. The first-order valence-corrected chi connectivity index (χ1v) is 9.27. The largest absolute Gasteiger partial charge is 0.462 e. The Hall–Kier alpha value is -1.41. The van der Waals surface area contributed by atoms with Crippen LogP contribution in [0.2, 0.25) is 0 Å². The molecule has 1 aromatic rings. The number of rotatable bonds is 6. The Labute approximate surface area is 128 Å². The van der Waals surface area contributed by atoms with Crippen molar-refractivity contribution >= 4 is 38.1 Å². The van der Waals surface area contributed by atoms with Crippen LogP contribution in [0.15, 0.2) is 6.07 Å². The Morgan fingerprint density at radius 3 is 2.48 bits per heavy atom. The van der Waals surface area contributed by atoms with Crippen molar-refractivity contribution in [2.45, 2.75) is 32.4 Å². The van der Waals surface area contributed by atoms with Gasteiger partial charge in [-0.3, -0.25) is 4.79 Å². The summed E-state index contributed by atoms with van der Waals surface area (Å²) in [5, 5.41) is 1.65. The van der Waals surface area contributed by atoms with Gasteiger partial charge in [-0.05, 0) is 26.3 Å². The summed E-state index contributed by atoms with van der Waals surface area (Å²) in [7, 11) is -3.49. The number of hydrogen-bond acceptors (Lipinski definition) is 6. The van der Waals surface area contributed by atoms with Crippen LogP contribution in [0.4, 0.5) is 5.00 Å². The summed E-state index contributed by atoms with van der Waals surface area (Å²) in [6.45, 7) is 5.15. The Morgan fingerprint density at radius 1 is 1.38 bits per heavy atom. The van der Waals surface area contributed by atoms with Crippen molar-refractivity contribution in [3.05, 3.63) is 16.5 Å². The van der Waals surface area contributed by atoms with Gasteiger partial charge in [0.05, 0.1) is 12.2 Å². The first kappa shape index (κ1) is 17.6. The van der Waals surface area contributed by atoms with Crippen LogP contribution in [0.1, 0.15) is 36.0 Å². The second kappa shape index (κ2) is 7.04. The molecule has 0 aliphatic carbocycles. The highest BCUT2D eigenvalue weighted by Crippen LogP contribution is 2.29. The Morgan fingerprint density at radius 2 is 2.00 bits per heavy atom. The van der Waals surface area contributed by atoms with Crippen LogP contribution in [0.25, 0.3) is 0 Å². The van der Waals surface area contributed by atoms with E-state index in [1.807, 2.05) is 6.92 Å². The zero-order chi connectivity index (χ0) is 16.2. The minimum atomic E-state index is -3.49. The summed E-state index contributed by atoms with van der Waals surface area (Å²) in [6.07, 6.45) is 1.70. The number of hydrogen-bond donors (Lipinski definition) is 1. The third kappa shape index (κ3) is 4.53. The van der Waals surface area contributed by atoms with Gasteiger partial charge in [-0.1, -0.05) is 6.92 Å². The van der Waals surface area contributed by atoms with Crippen LogP contribution in [0.5, 0.6) is 0 Å². The van der Waals surface area contributed by atoms with Gasteiger partial charge in [-0.25, -0.2) is 13.2 Å². The molecule has 0 saturated heterocycles. The highest BCUT2D eigenvalue weighted by molar-refractivity contribution is 7.92. The standard InChI is InChI=1S/C13H19NO5S2/c1-5-9-7-10(13(16)19-6-2)12(20-9)14-11(15)8(3)21(4,17)18/h7-8H,5-6H2,1-4H3,(H,14,15)/t8-/m0/s1. The predicted octanol–water partition coefficient (Wildman–Crippen LogP) is 1.86. The van der Waals surface area contributed by atoms with Gasteiger partial charge in [0.15, 0.2) is 9.84 Å². The maximum absolute atomic E-state index is 12.0. The molecule has 21 heavy (non-hydrogen) atoms. The lowest BCUT2D eigenvalue weighted by Gasteiger charge is -2.10. The molecule has 0 unspecified atom stereocenters. The van der Waals surface area contributed by atoms with Crippen molar-refractivity contribution in [2.24, 2.45) is 0 Å². The van der Waals surface area contributed by atoms with Crippen molar-refractivity contribution < 1.29 is 22.7 Å². The van der Waals surface area contributed by atoms with Crippen molar-refractivity contribution in [3.8, 4) is 0 Å². The van der Waals surface area contributed by atoms with E-state index < -0.39 is 27.0 Å². The number of anilines is 1. The first-order valence-electron chi connectivity index (χ1n) is 6.50. The Balaban J connectivity index is 3.04. The lowest BCUT2D eigenvalue weighted by molar-refractivity contribution is -0.115. The van der Waals surface area contributed by atoms with Gasteiger partial charge in [0, 0.05) is 11.1 Å². The fourth-order valence-electron chi connectivity index (χ4n) is 1.48. The molecular weight excluding hydrogens is 314 g/mol. The molecule has 1 rings (SSSR count). The molecule has 1 N–H and O–H groups in total. The van der Waals surface area contributed by atoms with Crippen LogP contribution >= 0.6 is 11.3 Å².